The van der Waals surface area contributed by atoms with Crippen molar-refractivity contribution >= 4 is 17.6 Å². The van der Waals surface area contributed by atoms with E-state index in [1.54, 1.807) is 0 Å². The summed E-state index contributed by atoms with van der Waals surface area (Å²) in [5.74, 6) is -0.160. The highest BCUT2D eigenvalue weighted by molar-refractivity contribution is 6.16. The van der Waals surface area contributed by atoms with Crippen LogP contribution in [0.15, 0.2) is 24.3 Å². The average molecular weight is 316 g/mol. The first kappa shape index (κ1) is 16.0. The van der Waals surface area contributed by atoms with Gasteiger partial charge in [-0.15, -0.1) is 0 Å². The second kappa shape index (κ2) is 6.68. The van der Waals surface area contributed by atoms with Crippen LogP contribution in [0.4, 0.5) is 10.5 Å². The van der Waals surface area contributed by atoms with E-state index in [0.717, 1.165) is 31.7 Å². The van der Waals surface area contributed by atoms with Crippen molar-refractivity contribution in [2.75, 3.05) is 37.6 Å². The number of rotatable bonds is 3. The monoisotopic (exact) mass is 316 g/mol. The molecule has 0 radical (unpaired) electrons. The Kier molecular flexibility index (Phi) is 4.63. The summed E-state index contributed by atoms with van der Waals surface area (Å²) in [6, 6.07) is 7.77. The third-order valence-corrected chi connectivity index (χ3v) is 4.61. The Labute approximate surface area is 137 Å². The highest BCUT2D eigenvalue weighted by Crippen LogP contribution is 2.24. The van der Waals surface area contributed by atoms with Gasteiger partial charge in [-0.1, -0.05) is 18.2 Å². The zero-order valence-corrected chi connectivity index (χ0v) is 13.8. The number of anilines is 1. The van der Waals surface area contributed by atoms with Crippen molar-refractivity contribution in [1.29, 1.82) is 0 Å². The van der Waals surface area contributed by atoms with Gasteiger partial charge in [0.1, 0.15) is 0 Å². The first-order valence-electron chi connectivity index (χ1n) is 8.21. The SMILES string of the molecule is CC(C)N1CCN(CC(=O)N2C(=O)NCc3ccccc32)CC1. The number of hydrogen-bond donors (Lipinski definition) is 1. The van der Waals surface area contributed by atoms with Gasteiger partial charge < -0.3 is 5.32 Å². The van der Waals surface area contributed by atoms with E-state index in [1.165, 1.54) is 4.90 Å². The van der Waals surface area contributed by atoms with E-state index in [4.69, 9.17) is 0 Å². The topological polar surface area (TPSA) is 55.9 Å². The van der Waals surface area contributed by atoms with Gasteiger partial charge >= 0.3 is 6.03 Å². The summed E-state index contributed by atoms with van der Waals surface area (Å²) >= 11 is 0. The van der Waals surface area contributed by atoms with Crippen molar-refractivity contribution in [3.05, 3.63) is 29.8 Å². The van der Waals surface area contributed by atoms with Crippen LogP contribution in [0.5, 0.6) is 0 Å². The standard InChI is InChI=1S/C17H24N4O2/c1-13(2)20-9-7-19(8-10-20)12-16(22)21-15-6-4-3-5-14(15)11-18-17(21)23/h3-6,13H,7-12H2,1-2H3,(H,18,23). The van der Waals surface area contributed by atoms with E-state index in [-0.39, 0.29) is 18.5 Å². The molecular formula is C17H24N4O2. The molecule has 6 nitrogen and oxygen atoms in total. The fraction of sp³-hybridized carbons (Fsp3) is 0.529. The second-order valence-corrected chi connectivity index (χ2v) is 6.42. The highest BCUT2D eigenvalue weighted by atomic mass is 16.2. The van der Waals surface area contributed by atoms with Gasteiger partial charge in [-0.3, -0.25) is 14.6 Å². The number of urea groups is 1. The van der Waals surface area contributed by atoms with E-state index in [2.05, 4.69) is 29.0 Å². The number of fused-ring (bicyclic) bond motifs is 1. The van der Waals surface area contributed by atoms with E-state index in [0.29, 0.717) is 18.3 Å². The van der Waals surface area contributed by atoms with Crippen molar-refractivity contribution in [3.8, 4) is 0 Å². The predicted octanol–water partition coefficient (Wildman–Crippen LogP) is 1.27. The summed E-state index contributed by atoms with van der Waals surface area (Å²) in [4.78, 5) is 30.6. The van der Waals surface area contributed by atoms with Gasteiger partial charge in [0, 0.05) is 38.8 Å². The molecule has 0 aliphatic carbocycles. The number of carbonyl (C=O) groups is 2. The normalized spacial score (nSPS) is 19.6. The predicted molar refractivity (Wildman–Crippen MR) is 89.3 cm³/mol. The fourth-order valence-electron chi connectivity index (χ4n) is 3.19. The number of para-hydroxylation sites is 1. The van der Waals surface area contributed by atoms with Crippen LogP contribution in [0.2, 0.25) is 0 Å². The van der Waals surface area contributed by atoms with Gasteiger partial charge in [0.05, 0.1) is 12.2 Å². The fourth-order valence-corrected chi connectivity index (χ4v) is 3.19. The molecule has 6 heteroatoms. The zero-order valence-electron chi connectivity index (χ0n) is 13.8. The molecule has 1 aromatic rings. The number of amides is 3. The quantitative estimate of drug-likeness (QED) is 0.912. The smallest absolute Gasteiger partial charge is 0.329 e. The van der Waals surface area contributed by atoms with Crippen LogP contribution in [0.25, 0.3) is 0 Å². The largest absolute Gasteiger partial charge is 0.333 e. The lowest BCUT2D eigenvalue weighted by Crippen LogP contribution is -2.54. The first-order valence-corrected chi connectivity index (χ1v) is 8.21. The number of nitrogens with zero attached hydrogens (tertiary/aromatic N) is 3. The van der Waals surface area contributed by atoms with Crippen LogP contribution in [0.3, 0.4) is 0 Å². The molecule has 0 bridgehead atoms. The Balaban J connectivity index is 1.66. The molecule has 2 aliphatic rings. The summed E-state index contributed by atoms with van der Waals surface area (Å²) in [7, 11) is 0. The molecule has 1 fully saturated rings. The molecule has 0 unspecified atom stereocenters. The van der Waals surface area contributed by atoms with Crippen LogP contribution in [0.1, 0.15) is 19.4 Å². The summed E-state index contributed by atoms with van der Waals surface area (Å²) in [6.07, 6.45) is 0. The maximum Gasteiger partial charge on any atom is 0.329 e. The molecule has 23 heavy (non-hydrogen) atoms. The Morgan fingerprint density at radius 1 is 1.17 bits per heavy atom. The molecule has 3 rings (SSSR count). The number of piperazine rings is 1. The molecule has 0 aromatic heterocycles. The Morgan fingerprint density at radius 2 is 1.87 bits per heavy atom. The third-order valence-electron chi connectivity index (χ3n) is 4.61. The van der Waals surface area contributed by atoms with Crippen molar-refractivity contribution < 1.29 is 9.59 Å². The highest BCUT2D eigenvalue weighted by Gasteiger charge is 2.31. The molecule has 2 heterocycles. The van der Waals surface area contributed by atoms with E-state index < -0.39 is 0 Å². The first-order chi connectivity index (χ1) is 11.1. The van der Waals surface area contributed by atoms with Crippen LogP contribution >= 0.6 is 0 Å². The van der Waals surface area contributed by atoms with E-state index in [1.807, 2.05) is 24.3 Å². The molecular weight excluding hydrogens is 292 g/mol. The lowest BCUT2D eigenvalue weighted by molar-refractivity contribution is -0.119. The van der Waals surface area contributed by atoms with Gasteiger partial charge in [-0.05, 0) is 25.5 Å². The number of hydrogen-bond acceptors (Lipinski definition) is 4. The molecule has 0 saturated carbocycles. The van der Waals surface area contributed by atoms with E-state index in [9.17, 15) is 9.59 Å². The second-order valence-electron chi connectivity index (χ2n) is 6.42. The summed E-state index contributed by atoms with van der Waals surface area (Å²) < 4.78 is 0. The Morgan fingerprint density at radius 3 is 2.57 bits per heavy atom. The minimum absolute atomic E-state index is 0.160. The zero-order chi connectivity index (χ0) is 16.4. The molecule has 1 aromatic carbocycles. The molecule has 3 amide bonds. The molecule has 124 valence electrons. The lowest BCUT2D eigenvalue weighted by atomic mass is 10.1. The summed E-state index contributed by atoms with van der Waals surface area (Å²) in [5, 5.41) is 2.77. The maximum absolute atomic E-state index is 12.7. The molecule has 1 N–H and O–H groups in total. The molecule has 1 saturated heterocycles. The van der Waals surface area contributed by atoms with Crippen LogP contribution in [-0.4, -0.2) is 60.5 Å². The van der Waals surface area contributed by atoms with Crippen molar-refractivity contribution in [2.24, 2.45) is 0 Å². The molecule has 0 spiro atoms. The third kappa shape index (κ3) is 3.38. The van der Waals surface area contributed by atoms with Crippen LogP contribution in [0, 0.1) is 0 Å². The van der Waals surface area contributed by atoms with Gasteiger partial charge in [0.15, 0.2) is 0 Å². The Hall–Kier alpha value is -1.92. The van der Waals surface area contributed by atoms with Gasteiger partial charge in [0.2, 0.25) is 5.91 Å². The van der Waals surface area contributed by atoms with Crippen molar-refractivity contribution in [1.82, 2.24) is 15.1 Å². The van der Waals surface area contributed by atoms with E-state index >= 15 is 0 Å². The average Bonchev–Trinajstić information content (AvgIpc) is 2.55. The van der Waals surface area contributed by atoms with Crippen molar-refractivity contribution in [2.45, 2.75) is 26.4 Å². The van der Waals surface area contributed by atoms with Crippen LogP contribution in [-0.2, 0) is 11.3 Å². The lowest BCUT2D eigenvalue weighted by Gasteiger charge is -2.37. The number of nitrogens with one attached hydrogen (secondary N) is 1. The van der Waals surface area contributed by atoms with Gasteiger partial charge in [-0.2, -0.15) is 0 Å². The van der Waals surface area contributed by atoms with Gasteiger partial charge in [0.25, 0.3) is 0 Å². The minimum atomic E-state index is -0.325. The molecule has 0 atom stereocenters. The summed E-state index contributed by atoms with van der Waals surface area (Å²) in [5.41, 5.74) is 1.69. The number of imide groups is 1. The maximum atomic E-state index is 12.7. The van der Waals surface area contributed by atoms with Gasteiger partial charge in [-0.25, -0.2) is 9.69 Å². The minimum Gasteiger partial charge on any atom is -0.333 e. The van der Waals surface area contributed by atoms with Crippen molar-refractivity contribution in [3.63, 3.8) is 0 Å². The molecule has 2 aliphatic heterocycles. The number of benzene rings is 1. The summed E-state index contributed by atoms with van der Waals surface area (Å²) in [6.45, 7) is 8.80. The Bertz CT molecular complexity index is 594. The number of carbonyl (C=O) groups excluding carboxylic acids is 2. The van der Waals surface area contributed by atoms with Crippen LogP contribution < -0.4 is 10.2 Å².